The van der Waals surface area contributed by atoms with E-state index in [9.17, 15) is 0 Å². The Hall–Kier alpha value is -0.850. The molecule has 2 nitrogen and oxygen atoms in total. The summed E-state index contributed by atoms with van der Waals surface area (Å²) >= 11 is 3.37. The first-order chi connectivity index (χ1) is 6.53. The zero-order chi connectivity index (χ0) is 10.6. The van der Waals surface area contributed by atoms with Gasteiger partial charge >= 0.3 is 0 Å². The SMILES string of the molecule is CC(N)(C#N)CCc1ccc(Br)cc1. The molecule has 0 saturated carbocycles. The van der Waals surface area contributed by atoms with Crippen molar-refractivity contribution in [3.8, 4) is 6.07 Å². The van der Waals surface area contributed by atoms with E-state index in [2.05, 4.69) is 22.0 Å². The molecule has 0 fully saturated rings. The minimum atomic E-state index is -0.715. The summed E-state index contributed by atoms with van der Waals surface area (Å²) in [6, 6.07) is 10.2. The van der Waals surface area contributed by atoms with Gasteiger partial charge in [-0.15, -0.1) is 0 Å². The first-order valence-corrected chi connectivity index (χ1v) is 5.27. The number of hydrogen-bond acceptors (Lipinski definition) is 2. The highest BCUT2D eigenvalue weighted by molar-refractivity contribution is 9.10. The van der Waals surface area contributed by atoms with Crippen LogP contribution in [-0.2, 0) is 6.42 Å². The van der Waals surface area contributed by atoms with E-state index in [1.807, 2.05) is 24.3 Å². The Morgan fingerprint density at radius 3 is 2.50 bits per heavy atom. The van der Waals surface area contributed by atoms with Crippen LogP contribution in [0.5, 0.6) is 0 Å². The number of aryl methyl sites for hydroxylation is 1. The maximum Gasteiger partial charge on any atom is 0.101 e. The molecule has 1 rings (SSSR count). The number of halogens is 1. The molecule has 0 radical (unpaired) electrons. The molecule has 74 valence electrons. The third kappa shape index (κ3) is 3.49. The van der Waals surface area contributed by atoms with Crippen molar-refractivity contribution in [1.82, 2.24) is 0 Å². The van der Waals surface area contributed by atoms with Crippen LogP contribution in [0.1, 0.15) is 18.9 Å². The lowest BCUT2D eigenvalue weighted by atomic mass is 9.96. The van der Waals surface area contributed by atoms with Gasteiger partial charge in [0.05, 0.1) is 6.07 Å². The van der Waals surface area contributed by atoms with Crippen molar-refractivity contribution in [3.05, 3.63) is 34.3 Å². The molecule has 0 aliphatic rings. The highest BCUT2D eigenvalue weighted by Crippen LogP contribution is 2.14. The molecule has 3 heteroatoms. The fourth-order valence-electron chi connectivity index (χ4n) is 1.11. The first-order valence-electron chi connectivity index (χ1n) is 4.48. The van der Waals surface area contributed by atoms with Gasteiger partial charge in [-0.2, -0.15) is 5.26 Å². The second-order valence-electron chi connectivity index (χ2n) is 3.66. The molecule has 0 bridgehead atoms. The number of benzene rings is 1. The molecule has 1 unspecified atom stereocenters. The molecule has 0 aliphatic heterocycles. The third-order valence-corrected chi connectivity index (χ3v) is 2.63. The number of nitriles is 1. The average Bonchev–Trinajstić information content (AvgIpc) is 2.17. The van der Waals surface area contributed by atoms with E-state index in [4.69, 9.17) is 11.0 Å². The van der Waals surface area contributed by atoms with Crippen molar-refractivity contribution in [3.63, 3.8) is 0 Å². The molecule has 0 amide bonds. The van der Waals surface area contributed by atoms with Gasteiger partial charge in [0.1, 0.15) is 5.54 Å². The number of hydrogen-bond donors (Lipinski definition) is 1. The van der Waals surface area contributed by atoms with Gasteiger partial charge in [0.25, 0.3) is 0 Å². The van der Waals surface area contributed by atoms with E-state index in [1.165, 1.54) is 5.56 Å². The molecular formula is C11H13BrN2. The lowest BCUT2D eigenvalue weighted by Crippen LogP contribution is -2.34. The first kappa shape index (κ1) is 11.2. The number of nitrogens with zero attached hydrogens (tertiary/aromatic N) is 1. The van der Waals surface area contributed by atoms with Crippen LogP contribution in [0.3, 0.4) is 0 Å². The summed E-state index contributed by atoms with van der Waals surface area (Å²) in [6.45, 7) is 1.76. The van der Waals surface area contributed by atoms with E-state index < -0.39 is 5.54 Å². The summed E-state index contributed by atoms with van der Waals surface area (Å²) in [5.41, 5.74) is 6.22. The van der Waals surface area contributed by atoms with E-state index in [0.29, 0.717) is 6.42 Å². The van der Waals surface area contributed by atoms with Crippen LogP contribution in [0.2, 0.25) is 0 Å². The van der Waals surface area contributed by atoms with Gasteiger partial charge in [-0.1, -0.05) is 28.1 Å². The Bertz CT molecular complexity index is 335. The quantitative estimate of drug-likeness (QED) is 0.900. The molecule has 0 aromatic heterocycles. The van der Waals surface area contributed by atoms with Gasteiger partial charge in [0.2, 0.25) is 0 Å². The van der Waals surface area contributed by atoms with Crippen LogP contribution in [0.25, 0.3) is 0 Å². The van der Waals surface area contributed by atoms with Crippen LogP contribution in [0.15, 0.2) is 28.7 Å². The normalized spacial score (nSPS) is 14.4. The van der Waals surface area contributed by atoms with Crippen molar-refractivity contribution < 1.29 is 0 Å². The summed E-state index contributed by atoms with van der Waals surface area (Å²) in [4.78, 5) is 0. The summed E-state index contributed by atoms with van der Waals surface area (Å²) in [7, 11) is 0. The molecule has 1 aromatic rings. The summed E-state index contributed by atoms with van der Waals surface area (Å²) < 4.78 is 1.07. The number of rotatable bonds is 3. The van der Waals surface area contributed by atoms with Gasteiger partial charge in [0, 0.05) is 4.47 Å². The van der Waals surface area contributed by atoms with Crippen molar-refractivity contribution in [2.45, 2.75) is 25.3 Å². The Kier molecular flexibility index (Phi) is 3.68. The Labute approximate surface area is 92.9 Å². The van der Waals surface area contributed by atoms with Gasteiger partial charge in [-0.3, -0.25) is 0 Å². The van der Waals surface area contributed by atoms with Gasteiger partial charge in [-0.25, -0.2) is 0 Å². The van der Waals surface area contributed by atoms with Crippen LogP contribution in [0.4, 0.5) is 0 Å². The molecule has 1 aromatic carbocycles. The lowest BCUT2D eigenvalue weighted by molar-refractivity contribution is 0.546. The monoisotopic (exact) mass is 252 g/mol. The maximum absolute atomic E-state index is 8.73. The zero-order valence-corrected chi connectivity index (χ0v) is 9.71. The third-order valence-electron chi connectivity index (χ3n) is 2.10. The lowest BCUT2D eigenvalue weighted by Gasteiger charge is -2.14. The minimum absolute atomic E-state index is 0.686. The highest BCUT2D eigenvalue weighted by Gasteiger charge is 2.16. The zero-order valence-electron chi connectivity index (χ0n) is 8.13. The highest BCUT2D eigenvalue weighted by atomic mass is 79.9. The van der Waals surface area contributed by atoms with Crippen LogP contribution in [0, 0.1) is 11.3 Å². The van der Waals surface area contributed by atoms with E-state index >= 15 is 0 Å². The van der Waals surface area contributed by atoms with Crippen molar-refractivity contribution in [1.29, 1.82) is 5.26 Å². The largest absolute Gasteiger partial charge is 0.314 e. The predicted octanol–water partition coefficient (Wildman–Crippen LogP) is 2.62. The second kappa shape index (κ2) is 4.59. The van der Waals surface area contributed by atoms with Gasteiger partial charge < -0.3 is 5.73 Å². The van der Waals surface area contributed by atoms with Crippen molar-refractivity contribution >= 4 is 15.9 Å². The molecular weight excluding hydrogens is 240 g/mol. The molecule has 0 heterocycles. The molecule has 1 atom stereocenters. The van der Waals surface area contributed by atoms with Gasteiger partial charge in [-0.05, 0) is 37.5 Å². The Morgan fingerprint density at radius 2 is 2.00 bits per heavy atom. The molecule has 0 aliphatic carbocycles. The summed E-state index contributed by atoms with van der Waals surface area (Å²) in [5, 5.41) is 8.73. The van der Waals surface area contributed by atoms with Crippen molar-refractivity contribution in [2.75, 3.05) is 0 Å². The predicted molar refractivity (Wildman–Crippen MR) is 60.7 cm³/mol. The fraction of sp³-hybridized carbons (Fsp3) is 0.364. The van der Waals surface area contributed by atoms with Crippen LogP contribution in [-0.4, -0.2) is 5.54 Å². The minimum Gasteiger partial charge on any atom is -0.314 e. The van der Waals surface area contributed by atoms with Gasteiger partial charge in [0.15, 0.2) is 0 Å². The Morgan fingerprint density at radius 1 is 1.43 bits per heavy atom. The fourth-order valence-corrected chi connectivity index (χ4v) is 1.38. The molecule has 2 N–H and O–H groups in total. The molecule has 0 saturated heterocycles. The average molecular weight is 253 g/mol. The van der Waals surface area contributed by atoms with Crippen LogP contribution >= 0.6 is 15.9 Å². The molecule has 14 heavy (non-hydrogen) atoms. The van der Waals surface area contributed by atoms with Crippen molar-refractivity contribution in [2.24, 2.45) is 5.73 Å². The maximum atomic E-state index is 8.73. The van der Waals surface area contributed by atoms with Crippen LogP contribution < -0.4 is 5.73 Å². The number of nitrogens with two attached hydrogens (primary N) is 1. The summed E-state index contributed by atoms with van der Waals surface area (Å²) in [5.74, 6) is 0. The topological polar surface area (TPSA) is 49.8 Å². The van der Waals surface area contributed by atoms with E-state index in [0.717, 1.165) is 10.9 Å². The second-order valence-corrected chi connectivity index (χ2v) is 4.57. The van der Waals surface area contributed by atoms with E-state index in [1.54, 1.807) is 6.92 Å². The molecule has 0 spiro atoms. The standard InChI is InChI=1S/C11H13BrN2/c1-11(14,8-13)7-6-9-2-4-10(12)5-3-9/h2-5H,6-7,14H2,1H3. The Balaban J connectivity index is 2.55. The van der Waals surface area contributed by atoms with E-state index in [-0.39, 0.29) is 0 Å². The summed E-state index contributed by atoms with van der Waals surface area (Å²) in [6.07, 6.45) is 1.53. The smallest absolute Gasteiger partial charge is 0.101 e.